The third kappa shape index (κ3) is 2.79. The number of aryl methyl sites for hydroxylation is 2. The minimum atomic E-state index is -0.213. The van der Waals surface area contributed by atoms with Crippen LogP contribution in [0.3, 0.4) is 0 Å². The number of fused-ring (bicyclic) bond motifs is 3. The van der Waals surface area contributed by atoms with Gasteiger partial charge in [-0.05, 0) is 76.6 Å². The van der Waals surface area contributed by atoms with E-state index in [1.165, 1.54) is 17.2 Å². The van der Waals surface area contributed by atoms with E-state index in [1.54, 1.807) is 6.07 Å². The summed E-state index contributed by atoms with van der Waals surface area (Å²) in [5.41, 5.74) is 7.92. The molecule has 0 saturated carbocycles. The van der Waals surface area contributed by atoms with Crippen LogP contribution in [0.25, 0.3) is 22.7 Å². The third-order valence-electron chi connectivity index (χ3n) is 5.18. The van der Waals surface area contributed by atoms with Crippen molar-refractivity contribution < 1.29 is 4.39 Å². The molecule has 2 N–H and O–H groups in total. The minimum absolute atomic E-state index is 0.203. The lowest BCUT2D eigenvalue weighted by atomic mass is 9.92. The molecule has 0 saturated heterocycles. The smallest absolute Gasteiger partial charge is 0.306 e. The van der Waals surface area contributed by atoms with E-state index in [0.717, 1.165) is 46.1 Å². The van der Waals surface area contributed by atoms with Gasteiger partial charge in [-0.3, -0.25) is 0 Å². The van der Waals surface area contributed by atoms with Crippen LogP contribution in [0.5, 0.6) is 0 Å². The molecule has 0 unspecified atom stereocenters. The van der Waals surface area contributed by atoms with Crippen molar-refractivity contribution in [2.75, 3.05) is 0 Å². The lowest BCUT2D eigenvalue weighted by Gasteiger charge is -2.12. The van der Waals surface area contributed by atoms with Crippen molar-refractivity contribution in [3.05, 3.63) is 105 Å². The van der Waals surface area contributed by atoms with Crippen LogP contribution in [0, 0.1) is 5.82 Å². The van der Waals surface area contributed by atoms with Gasteiger partial charge in [-0.2, -0.15) is 0 Å². The van der Waals surface area contributed by atoms with Crippen LogP contribution in [0.2, 0.25) is 0 Å². The highest BCUT2D eigenvalue weighted by molar-refractivity contribution is 5.95. The van der Waals surface area contributed by atoms with Gasteiger partial charge in [0.2, 0.25) is 0 Å². The van der Waals surface area contributed by atoms with E-state index in [-0.39, 0.29) is 11.5 Å². The zero-order chi connectivity index (χ0) is 18.4. The molecule has 27 heavy (non-hydrogen) atoms. The molecule has 132 valence electrons. The number of aromatic nitrogens is 2. The van der Waals surface area contributed by atoms with Gasteiger partial charge in [0.1, 0.15) is 5.82 Å². The summed E-state index contributed by atoms with van der Waals surface area (Å²) in [5.74, 6) is -0.203. The maximum absolute atomic E-state index is 13.8. The Morgan fingerprint density at radius 3 is 2.52 bits per heavy atom. The molecule has 0 bridgehead atoms. The first-order chi connectivity index (χ1) is 13.2. The molecule has 1 heterocycles. The van der Waals surface area contributed by atoms with Crippen molar-refractivity contribution in [1.82, 2.24) is 9.97 Å². The molecule has 0 spiro atoms. The van der Waals surface area contributed by atoms with Crippen LogP contribution in [0.15, 0.2) is 65.5 Å². The molecular formula is C23H17FN2O. The number of H-pyrrole nitrogens is 2. The minimum Gasteiger partial charge on any atom is -0.306 e. The topological polar surface area (TPSA) is 48.6 Å². The van der Waals surface area contributed by atoms with Gasteiger partial charge < -0.3 is 9.97 Å². The standard InChI is InChI=1S/C23H17FN2O/c24-17-8-9-19-16(13-17)7-6-15-3-1-2-4-18(15)20(19)11-14-5-10-21-22(12-14)26-23(27)25-21/h1-5,8-13H,6-7H2,(H2,25,26,27)/b20-11+. The van der Waals surface area contributed by atoms with Crippen molar-refractivity contribution in [2.24, 2.45) is 0 Å². The van der Waals surface area contributed by atoms with Gasteiger partial charge >= 0.3 is 5.69 Å². The van der Waals surface area contributed by atoms with Gasteiger partial charge in [0.15, 0.2) is 0 Å². The van der Waals surface area contributed by atoms with E-state index >= 15 is 0 Å². The van der Waals surface area contributed by atoms with Gasteiger partial charge in [0.25, 0.3) is 0 Å². The first kappa shape index (κ1) is 15.8. The van der Waals surface area contributed by atoms with Crippen LogP contribution in [-0.4, -0.2) is 9.97 Å². The maximum atomic E-state index is 13.8. The number of hydrogen-bond donors (Lipinski definition) is 2. The van der Waals surface area contributed by atoms with Crippen LogP contribution in [0.4, 0.5) is 4.39 Å². The fraction of sp³-hybridized carbons (Fsp3) is 0.0870. The highest BCUT2D eigenvalue weighted by Crippen LogP contribution is 2.35. The predicted molar refractivity (Wildman–Crippen MR) is 106 cm³/mol. The van der Waals surface area contributed by atoms with Gasteiger partial charge in [-0.1, -0.05) is 36.4 Å². The zero-order valence-electron chi connectivity index (χ0n) is 14.6. The van der Waals surface area contributed by atoms with Crippen molar-refractivity contribution in [1.29, 1.82) is 0 Å². The van der Waals surface area contributed by atoms with Crippen molar-refractivity contribution in [3.8, 4) is 0 Å². The van der Waals surface area contributed by atoms with E-state index in [1.807, 2.05) is 36.4 Å². The monoisotopic (exact) mass is 356 g/mol. The first-order valence-electron chi connectivity index (χ1n) is 8.98. The molecule has 1 aromatic heterocycles. The van der Waals surface area contributed by atoms with Crippen LogP contribution in [0.1, 0.15) is 27.8 Å². The molecule has 0 atom stereocenters. The highest BCUT2D eigenvalue weighted by Gasteiger charge is 2.18. The van der Waals surface area contributed by atoms with Gasteiger partial charge in [0, 0.05) is 0 Å². The summed E-state index contributed by atoms with van der Waals surface area (Å²) in [7, 11) is 0. The first-order valence-corrected chi connectivity index (χ1v) is 8.98. The van der Waals surface area contributed by atoms with Gasteiger partial charge in [0.05, 0.1) is 11.0 Å². The molecule has 3 aromatic carbocycles. The number of halogens is 1. The molecule has 1 aliphatic carbocycles. The van der Waals surface area contributed by atoms with Gasteiger partial charge in [-0.15, -0.1) is 0 Å². The lowest BCUT2D eigenvalue weighted by molar-refractivity contribution is 0.625. The summed E-state index contributed by atoms with van der Waals surface area (Å²) >= 11 is 0. The second kappa shape index (κ2) is 6.09. The number of benzene rings is 3. The number of hydrogen-bond acceptors (Lipinski definition) is 1. The Hall–Kier alpha value is -3.40. The predicted octanol–water partition coefficient (Wildman–Crippen LogP) is 4.68. The Bertz CT molecular complexity index is 1260. The van der Waals surface area contributed by atoms with Crippen molar-refractivity contribution in [2.45, 2.75) is 12.8 Å². The normalized spacial score (nSPS) is 14.8. The average molecular weight is 356 g/mol. The molecule has 0 amide bonds. The largest absolute Gasteiger partial charge is 0.323 e. The Balaban J connectivity index is 1.75. The van der Waals surface area contributed by atoms with Gasteiger partial charge in [-0.25, -0.2) is 9.18 Å². The quantitative estimate of drug-likeness (QED) is 0.511. The maximum Gasteiger partial charge on any atom is 0.323 e. The number of aromatic amines is 2. The summed E-state index contributed by atoms with van der Waals surface area (Å²) in [6, 6.07) is 19.2. The molecule has 0 radical (unpaired) electrons. The molecule has 5 rings (SSSR count). The van der Waals surface area contributed by atoms with Crippen molar-refractivity contribution >= 4 is 22.7 Å². The summed E-state index contributed by atoms with van der Waals surface area (Å²) < 4.78 is 13.8. The summed E-state index contributed by atoms with van der Waals surface area (Å²) in [6.07, 6.45) is 3.81. The fourth-order valence-electron chi connectivity index (χ4n) is 3.91. The van der Waals surface area contributed by atoms with Crippen LogP contribution in [-0.2, 0) is 12.8 Å². The zero-order valence-corrected chi connectivity index (χ0v) is 14.6. The average Bonchev–Trinajstić information content (AvgIpc) is 2.97. The molecule has 4 aromatic rings. The number of imidazole rings is 1. The molecule has 0 fully saturated rings. The van der Waals surface area contributed by atoms with E-state index in [4.69, 9.17) is 0 Å². The molecule has 1 aliphatic rings. The van der Waals surface area contributed by atoms with Crippen molar-refractivity contribution in [3.63, 3.8) is 0 Å². The Kier molecular flexibility index (Phi) is 3.57. The van der Waals surface area contributed by atoms with Crippen LogP contribution >= 0.6 is 0 Å². The van der Waals surface area contributed by atoms with Crippen LogP contribution < -0.4 is 5.69 Å². The molecule has 3 nitrogen and oxygen atoms in total. The van der Waals surface area contributed by atoms with E-state index < -0.39 is 0 Å². The van der Waals surface area contributed by atoms with E-state index in [9.17, 15) is 9.18 Å². The summed E-state index contributed by atoms with van der Waals surface area (Å²) in [5, 5.41) is 0. The Labute approximate surface area is 155 Å². The molecule has 0 aliphatic heterocycles. The van der Waals surface area contributed by atoms with E-state index in [2.05, 4.69) is 28.2 Å². The summed E-state index contributed by atoms with van der Waals surface area (Å²) in [6.45, 7) is 0. The summed E-state index contributed by atoms with van der Waals surface area (Å²) in [4.78, 5) is 17.1. The molecule has 4 heteroatoms. The number of nitrogens with one attached hydrogen (secondary N) is 2. The highest BCUT2D eigenvalue weighted by atomic mass is 19.1. The molecular weight excluding hydrogens is 339 g/mol. The van der Waals surface area contributed by atoms with E-state index in [0.29, 0.717) is 0 Å². The fourth-order valence-corrected chi connectivity index (χ4v) is 3.91. The second-order valence-electron chi connectivity index (χ2n) is 6.90. The third-order valence-corrected chi connectivity index (χ3v) is 5.18. The lowest BCUT2D eigenvalue weighted by Crippen LogP contribution is -1.99. The second-order valence-corrected chi connectivity index (χ2v) is 6.90. The Morgan fingerprint density at radius 2 is 1.59 bits per heavy atom. The number of rotatable bonds is 1. The SMILES string of the molecule is O=c1[nH]c2ccc(/C=C3\c4ccccc4CCc4cc(F)ccc43)cc2[nH]1. The Morgan fingerprint density at radius 1 is 0.815 bits per heavy atom.